The topological polar surface area (TPSA) is 38.1 Å². The molecular formula is C14H19N3OS. The van der Waals surface area contributed by atoms with Crippen LogP contribution in [0.4, 0.5) is 0 Å². The molecule has 0 unspecified atom stereocenters. The molecule has 0 N–H and O–H groups in total. The molecular weight excluding hydrogens is 258 g/mol. The maximum Gasteiger partial charge on any atom is 0.272 e. The molecule has 3 aliphatic rings. The number of aromatic nitrogens is 2. The Morgan fingerprint density at radius 2 is 2.26 bits per heavy atom. The van der Waals surface area contributed by atoms with Crippen LogP contribution in [0.15, 0.2) is 6.20 Å². The van der Waals surface area contributed by atoms with Gasteiger partial charge in [-0.05, 0) is 32.1 Å². The fourth-order valence-electron chi connectivity index (χ4n) is 2.94. The van der Waals surface area contributed by atoms with Crippen molar-refractivity contribution in [1.82, 2.24) is 14.7 Å². The van der Waals surface area contributed by atoms with E-state index in [9.17, 15) is 4.79 Å². The smallest absolute Gasteiger partial charge is 0.272 e. The summed E-state index contributed by atoms with van der Waals surface area (Å²) < 4.78 is 2.13. The number of hydrogen-bond donors (Lipinski definition) is 0. The number of thioether (sulfide) groups is 1. The molecule has 0 spiro atoms. The Balaban J connectivity index is 1.51. The first-order valence-electron chi connectivity index (χ1n) is 7.15. The quantitative estimate of drug-likeness (QED) is 0.843. The Morgan fingerprint density at radius 3 is 2.95 bits per heavy atom. The number of carbonyl (C=O) groups is 1. The third kappa shape index (κ3) is 2.08. The summed E-state index contributed by atoms with van der Waals surface area (Å²) in [4.78, 5) is 14.6. The van der Waals surface area contributed by atoms with Crippen molar-refractivity contribution in [2.24, 2.45) is 7.05 Å². The average molecular weight is 277 g/mol. The molecule has 2 saturated carbocycles. The molecule has 1 aromatic heterocycles. The van der Waals surface area contributed by atoms with E-state index in [2.05, 4.69) is 21.8 Å². The summed E-state index contributed by atoms with van der Waals surface area (Å²) in [6.07, 6.45) is 8.14. The second-order valence-corrected chi connectivity index (χ2v) is 7.89. The summed E-state index contributed by atoms with van der Waals surface area (Å²) in [7, 11) is 1.87. The first kappa shape index (κ1) is 11.8. The van der Waals surface area contributed by atoms with Crippen LogP contribution in [0.5, 0.6) is 0 Å². The lowest BCUT2D eigenvalue weighted by atomic mass is 10.1. The van der Waals surface area contributed by atoms with E-state index in [0.29, 0.717) is 4.75 Å². The molecule has 2 heterocycles. The summed E-state index contributed by atoms with van der Waals surface area (Å²) in [5.74, 6) is 0.184. The first-order chi connectivity index (χ1) is 9.17. The van der Waals surface area contributed by atoms with Crippen molar-refractivity contribution in [3.05, 3.63) is 17.5 Å². The summed E-state index contributed by atoms with van der Waals surface area (Å²) in [5, 5.41) is 5.10. The Hall–Kier alpha value is -0.970. The largest absolute Gasteiger partial charge is 0.336 e. The van der Waals surface area contributed by atoms with Crippen LogP contribution in [0.1, 0.15) is 41.7 Å². The summed E-state index contributed by atoms with van der Waals surface area (Å²) >= 11 is 2.15. The van der Waals surface area contributed by atoms with Gasteiger partial charge >= 0.3 is 0 Å². The lowest BCUT2D eigenvalue weighted by Gasteiger charge is -2.30. The van der Waals surface area contributed by atoms with Crippen LogP contribution >= 0.6 is 11.8 Å². The molecule has 1 amide bonds. The number of rotatable bonds is 4. The predicted molar refractivity (Wildman–Crippen MR) is 75.4 cm³/mol. The number of fused-ring (bicyclic) bond motifs is 1. The van der Waals surface area contributed by atoms with E-state index in [1.54, 1.807) is 4.68 Å². The predicted octanol–water partition coefficient (Wildman–Crippen LogP) is 1.85. The highest BCUT2D eigenvalue weighted by Gasteiger charge is 2.49. The van der Waals surface area contributed by atoms with E-state index in [0.717, 1.165) is 36.0 Å². The lowest BCUT2D eigenvalue weighted by molar-refractivity contribution is 0.0725. The summed E-state index contributed by atoms with van der Waals surface area (Å²) in [6, 6.07) is 0. The van der Waals surface area contributed by atoms with E-state index in [1.165, 1.54) is 25.7 Å². The van der Waals surface area contributed by atoms with Crippen LogP contribution in [0.2, 0.25) is 0 Å². The van der Waals surface area contributed by atoms with E-state index in [4.69, 9.17) is 0 Å². The molecule has 0 atom stereocenters. The van der Waals surface area contributed by atoms with Gasteiger partial charge in [-0.25, -0.2) is 0 Å². The van der Waals surface area contributed by atoms with Gasteiger partial charge in [0.15, 0.2) is 0 Å². The zero-order chi connectivity index (χ0) is 13.0. The molecule has 0 saturated heterocycles. The minimum Gasteiger partial charge on any atom is -0.336 e. The van der Waals surface area contributed by atoms with Gasteiger partial charge < -0.3 is 4.90 Å². The molecule has 102 valence electrons. The summed E-state index contributed by atoms with van der Waals surface area (Å²) in [5.41, 5.74) is 1.92. The van der Waals surface area contributed by atoms with E-state index >= 15 is 0 Å². The van der Waals surface area contributed by atoms with E-state index in [-0.39, 0.29) is 5.91 Å². The number of amides is 1. The van der Waals surface area contributed by atoms with E-state index in [1.807, 2.05) is 13.2 Å². The third-order valence-corrected chi connectivity index (χ3v) is 6.23. The summed E-state index contributed by atoms with van der Waals surface area (Å²) in [6.45, 7) is 1.81. The fourth-order valence-corrected chi connectivity index (χ4v) is 4.59. The highest BCUT2D eigenvalue weighted by Crippen LogP contribution is 2.55. The third-order valence-electron chi connectivity index (χ3n) is 4.38. The van der Waals surface area contributed by atoms with Crippen LogP contribution in [0.3, 0.4) is 0 Å². The zero-order valence-electron chi connectivity index (χ0n) is 11.3. The molecule has 1 aromatic rings. The molecule has 0 radical (unpaired) electrons. The van der Waals surface area contributed by atoms with Crippen molar-refractivity contribution in [3.8, 4) is 0 Å². The SMILES string of the molecule is Cn1ncc2c1C(=O)N(CC1(SC3CC3)CC1)CC2. The average Bonchev–Trinajstić information content (AvgIpc) is 3.30. The van der Waals surface area contributed by atoms with Crippen LogP contribution in [0, 0.1) is 0 Å². The molecule has 0 aromatic carbocycles. The van der Waals surface area contributed by atoms with Crippen LogP contribution in [0.25, 0.3) is 0 Å². The van der Waals surface area contributed by atoms with E-state index < -0.39 is 0 Å². The second-order valence-electron chi connectivity index (χ2n) is 6.12. The van der Waals surface area contributed by atoms with Gasteiger partial charge in [-0.1, -0.05) is 0 Å². The van der Waals surface area contributed by atoms with Crippen LogP contribution in [-0.2, 0) is 13.5 Å². The van der Waals surface area contributed by atoms with Gasteiger partial charge in [0.1, 0.15) is 5.69 Å². The molecule has 4 nitrogen and oxygen atoms in total. The van der Waals surface area contributed by atoms with Crippen molar-refractivity contribution in [2.45, 2.75) is 42.1 Å². The van der Waals surface area contributed by atoms with Crippen LogP contribution in [-0.4, -0.2) is 43.7 Å². The lowest BCUT2D eigenvalue weighted by Crippen LogP contribution is -2.43. The van der Waals surface area contributed by atoms with Crippen molar-refractivity contribution in [2.75, 3.05) is 13.1 Å². The van der Waals surface area contributed by atoms with Gasteiger partial charge in [0.2, 0.25) is 0 Å². The van der Waals surface area contributed by atoms with Gasteiger partial charge in [0, 0.05) is 35.7 Å². The first-order valence-corrected chi connectivity index (χ1v) is 8.03. The fraction of sp³-hybridized carbons (Fsp3) is 0.714. The van der Waals surface area contributed by atoms with Gasteiger partial charge in [-0.15, -0.1) is 11.8 Å². The Labute approximate surface area is 117 Å². The molecule has 2 aliphatic carbocycles. The number of aryl methyl sites for hydroxylation is 1. The standard InChI is InChI=1S/C14H19N3OS/c1-16-12-10(8-15-16)4-7-17(13(12)18)9-14(5-6-14)19-11-2-3-11/h8,11H,2-7,9H2,1H3. The van der Waals surface area contributed by atoms with Crippen molar-refractivity contribution in [1.29, 1.82) is 0 Å². The number of nitrogens with zero attached hydrogens (tertiary/aromatic N) is 3. The van der Waals surface area contributed by atoms with Crippen molar-refractivity contribution < 1.29 is 4.79 Å². The number of hydrogen-bond acceptors (Lipinski definition) is 3. The van der Waals surface area contributed by atoms with Crippen molar-refractivity contribution >= 4 is 17.7 Å². The van der Waals surface area contributed by atoms with Crippen molar-refractivity contribution in [3.63, 3.8) is 0 Å². The Bertz CT molecular complexity index is 531. The molecule has 0 bridgehead atoms. The van der Waals surface area contributed by atoms with Crippen LogP contribution < -0.4 is 0 Å². The normalized spacial score (nSPS) is 24.5. The highest BCUT2D eigenvalue weighted by molar-refractivity contribution is 8.01. The monoisotopic (exact) mass is 277 g/mol. The molecule has 19 heavy (non-hydrogen) atoms. The number of carbonyl (C=O) groups excluding carboxylic acids is 1. The molecule has 1 aliphatic heterocycles. The minimum atomic E-state index is 0.184. The Kier molecular flexibility index (Phi) is 2.50. The second kappa shape index (κ2) is 4.01. The van der Waals surface area contributed by atoms with Gasteiger partial charge in [0.25, 0.3) is 5.91 Å². The van der Waals surface area contributed by atoms with Gasteiger partial charge in [-0.3, -0.25) is 9.48 Å². The Morgan fingerprint density at radius 1 is 1.47 bits per heavy atom. The minimum absolute atomic E-state index is 0.184. The maximum atomic E-state index is 12.6. The molecule has 5 heteroatoms. The highest BCUT2D eigenvalue weighted by atomic mass is 32.2. The molecule has 2 fully saturated rings. The zero-order valence-corrected chi connectivity index (χ0v) is 12.1. The van der Waals surface area contributed by atoms with Gasteiger partial charge in [-0.2, -0.15) is 5.10 Å². The van der Waals surface area contributed by atoms with Gasteiger partial charge in [0.05, 0.1) is 6.20 Å². The molecule has 4 rings (SSSR count). The maximum absolute atomic E-state index is 12.6.